The lowest BCUT2D eigenvalue weighted by molar-refractivity contribution is 0.515. The van der Waals surface area contributed by atoms with Crippen molar-refractivity contribution in [3.63, 3.8) is 0 Å². The van der Waals surface area contributed by atoms with Gasteiger partial charge >= 0.3 is 0 Å². The number of allylic oxidation sites excluding steroid dienone is 4. The minimum atomic E-state index is -0.0246. The van der Waals surface area contributed by atoms with Gasteiger partial charge in [0.2, 0.25) is 0 Å². The number of para-hydroxylation sites is 2. The SMILES string of the molecule is C=C/C(C)=C(\C=C/C)C(NCn1c2c(c3cc(-c4ccc5c(c4)c4cccc6c7ccccc7n5c64)ccc31)CCC=C2)c1cccc2ccccc12. The van der Waals surface area contributed by atoms with Gasteiger partial charge in [-0.1, -0.05) is 122 Å². The summed E-state index contributed by atoms with van der Waals surface area (Å²) in [5.41, 5.74) is 14.0. The van der Waals surface area contributed by atoms with Crippen LogP contribution in [0.3, 0.4) is 0 Å². The van der Waals surface area contributed by atoms with E-state index in [1.807, 2.05) is 6.08 Å². The molecule has 3 heteroatoms. The molecule has 0 bridgehead atoms. The predicted octanol–water partition coefficient (Wildman–Crippen LogP) is 12.9. The smallest absolute Gasteiger partial charge is 0.0739 e. The van der Waals surface area contributed by atoms with Crippen molar-refractivity contribution in [1.82, 2.24) is 14.3 Å². The highest BCUT2D eigenvalue weighted by atomic mass is 15.1. The summed E-state index contributed by atoms with van der Waals surface area (Å²) in [5.74, 6) is 0. The molecule has 0 fully saturated rings. The highest BCUT2D eigenvalue weighted by Crippen LogP contribution is 2.41. The Morgan fingerprint density at radius 3 is 2.25 bits per heavy atom. The second-order valence-corrected chi connectivity index (χ2v) is 14.5. The standard InChI is InChI=1S/C50H41N3/c1-4-14-36(32(3)5-2)49(40-20-12-16-33-15-6-7-17-37(33)40)51-31-52-45-23-10-8-19-39(45)43-29-34(25-27-46(43)52)35-26-28-48-44(30-35)42-22-13-21-41-38-18-9-11-24-47(38)53(48)50(41)42/h4-7,9-18,20-30,49,51H,2,8,19,31H2,1,3H3/b14-4-,36-32+. The number of benzene rings is 6. The molecule has 53 heavy (non-hydrogen) atoms. The zero-order chi connectivity index (χ0) is 35.6. The van der Waals surface area contributed by atoms with Crippen LogP contribution in [0.1, 0.15) is 43.1 Å². The number of rotatable bonds is 8. The minimum absolute atomic E-state index is 0.0246. The average molecular weight is 684 g/mol. The molecule has 1 atom stereocenters. The van der Waals surface area contributed by atoms with Gasteiger partial charge in [-0.2, -0.15) is 0 Å². The van der Waals surface area contributed by atoms with E-state index in [1.165, 1.54) is 98.9 Å². The zero-order valence-electron chi connectivity index (χ0n) is 30.2. The van der Waals surface area contributed by atoms with E-state index in [1.54, 1.807) is 0 Å². The minimum Gasteiger partial charge on any atom is -0.327 e. The van der Waals surface area contributed by atoms with Gasteiger partial charge in [-0.15, -0.1) is 0 Å². The molecule has 1 aliphatic carbocycles. The first-order valence-corrected chi connectivity index (χ1v) is 18.8. The third kappa shape index (κ3) is 4.85. The van der Waals surface area contributed by atoms with E-state index < -0.39 is 0 Å². The molecule has 6 aromatic carbocycles. The number of fused-ring (bicyclic) bond motifs is 10. The highest BCUT2D eigenvalue weighted by Gasteiger charge is 2.23. The number of nitrogens with zero attached hydrogens (tertiary/aromatic N) is 2. The van der Waals surface area contributed by atoms with Gasteiger partial charge in [-0.05, 0) is 107 Å². The molecule has 3 nitrogen and oxygen atoms in total. The normalized spacial score (nSPS) is 14.4. The van der Waals surface area contributed by atoms with Gasteiger partial charge in [0.15, 0.2) is 0 Å². The molecule has 1 unspecified atom stereocenters. The lowest BCUT2D eigenvalue weighted by Crippen LogP contribution is -2.27. The quantitative estimate of drug-likeness (QED) is 0.158. The van der Waals surface area contributed by atoms with Crippen molar-refractivity contribution in [2.45, 2.75) is 39.4 Å². The third-order valence-corrected chi connectivity index (χ3v) is 11.6. The Labute approximate surface area is 309 Å². The van der Waals surface area contributed by atoms with Gasteiger partial charge < -0.3 is 8.97 Å². The Balaban J connectivity index is 1.08. The van der Waals surface area contributed by atoms with Crippen LogP contribution >= 0.6 is 0 Å². The van der Waals surface area contributed by atoms with Gasteiger partial charge in [-0.25, -0.2) is 0 Å². The van der Waals surface area contributed by atoms with Crippen molar-refractivity contribution in [2.75, 3.05) is 0 Å². The van der Waals surface area contributed by atoms with Gasteiger partial charge in [0.1, 0.15) is 0 Å². The molecule has 0 spiro atoms. The fourth-order valence-corrected chi connectivity index (χ4v) is 9.11. The maximum atomic E-state index is 4.16. The van der Waals surface area contributed by atoms with Crippen LogP contribution < -0.4 is 5.32 Å². The van der Waals surface area contributed by atoms with Gasteiger partial charge in [0, 0.05) is 38.1 Å². The molecular formula is C50H41N3. The van der Waals surface area contributed by atoms with E-state index in [2.05, 4.69) is 180 Å². The Kier molecular flexibility index (Phi) is 7.45. The molecule has 3 heterocycles. The van der Waals surface area contributed by atoms with Gasteiger partial charge in [-0.3, -0.25) is 5.32 Å². The van der Waals surface area contributed by atoms with Crippen LogP contribution in [0.25, 0.3) is 77.0 Å². The molecule has 10 rings (SSSR count). The molecule has 1 N–H and O–H groups in total. The molecule has 0 radical (unpaired) electrons. The summed E-state index contributed by atoms with van der Waals surface area (Å²) in [6.07, 6.45) is 13.1. The first kappa shape index (κ1) is 31.6. The van der Waals surface area contributed by atoms with Crippen LogP contribution in [0, 0.1) is 0 Å². The third-order valence-electron chi connectivity index (χ3n) is 11.6. The Bertz CT molecular complexity index is 2990. The molecule has 0 saturated carbocycles. The fourth-order valence-electron chi connectivity index (χ4n) is 9.11. The van der Waals surface area contributed by atoms with E-state index in [-0.39, 0.29) is 6.04 Å². The summed E-state index contributed by atoms with van der Waals surface area (Å²) in [6.45, 7) is 9.09. The molecule has 0 aliphatic heterocycles. The van der Waals surface area contributed by atoms with E-state index in [0.717, 1.165) is 12.8 Å². The fraction of sp³-hybridized carbons (Fsp3) is 0.120. The highest BCUT2D eigenvalue weighted by molar-refractivity contribution is 6.23. The number of nitrogens with one attached hydrogen (secondary N) is 1. The summed E-state index contributed by atoms with van der Waals surface area (Å²) in [7, 11) is 0. The Morgan fingerprint density at radius 1 is 0.736 bits per heavy atom. The van der Waals surface area contributed by atoms with E-state index in [4.69, 9.17) is 0 Å². The summed E-state index contributed by atoms with van der Waals surface area (Å²) in [4.78, 5) is 0. The van der Waals surface area contributed by atoms with E-state index >= 15 is 0 Å². The Morgan fingerprint density at radius 2 is 1.42 bits per heavy atom. The van der Waals surface area contributed by atoms with Crippen LogP contribution in [0.2, 0.25) is 0 Å². The number of aromatic nitrogens is 2. The van der Waals surface area contributed by atoms with Crippen molar-refractivity contribution in [3.05, 3.63) is 180 Å². The van der Waals surface area contributed by atoms with Crippen LogP contribution in [0.5, 0.6) is 0 Å². The molecular weight excluding hydrogens is 643 g/mol. The van der Waals surface area contributed by atoms with Crippen LogP contribution in [0.15, 0.2) is 163 Å². The van der Waals surface area contributed by atoms with Crippen molar-refractivity contribution < 1.29 is 0 Å². The largest absolute Gasteiger partial charge is 0.327 e. The number of hydrogen-bond acceptors (Lipinski definition) is 1. The van der Waals surface area contributed by atoms with Crippen LogP contribution in [0.4, 0.5) is 0 Å². The number of hydrogen-bond donors (Lipinski definition) is 1. The summed E-state index contributed by atoms with van der Waals surface area (Å²) < 4.78 is 4.94. The first-order valence-electron chi connectivity index (χ1n) is 18.8. The molecule has 0 amide bonds. The summed E-state index contributed by atoms with van der Waals surface area (Å²) >= 11 is 0. The predicted molar refractivity (Wildman–Crippen MR) is 227 cm³/mol. The van der Waals surface area contributed by atoms with Crippen molar-refractivity contribution >= 4 is 65.8 Å². The first-order chi connectivity index (χ1) is 26.1. The maximum absolute atomic E-state index is 4.16. The lowest BCUT2D eigenvalue weighted by Gasteiger charge is -2.25. The molecule has 256 valence electrons. The van der Waals surface area contributed by atoms with E-state index in [0.29, 0.717) is 6.67 Å². The topological polar surface area (TPSA) is 21.4 Å². The molecule has 1 aliphatic rings. The van der Waals surface area contributed by atoms with Crippen molar-refractivity contribution in [2.24, 2.45) is 0 Å². The number of aryl methyl sites for hydroxylation is 1. The molecule has 9 aromatic rings. The maximum Gasteiger partial charge on any atom is 0.0739 e. The van der Waals surface area contributed by atoms with Crippen LogP contribution in [-0.4, -0.2) is 8.97 Å². The lowest BCUT2D eigenvalue weighted by atomic mass is 9.90. The van der Waals surface area contributed by atoms with E-state index in [9.17, 15) is 0 Å². The van der Waals surface area contributed by atoms with Gasteiger partial charge in [0.05, 0.1) is 29.3 Å². The average Bonchev–Trinajstić information content (AvgIpc) is 3.85. The van der Waals surface area contributed by atoms with Crippen molar-refractivity contribution in [1.29, 1.82) is 0 Å². The van der Waals surface area contributed by atoms with Crippen molar-refractivity contribution in [3.8, 4) is 11.1 Å². The second kappa shape index (κ2) is 12.5. The zero-order valence-corrected chi connectivity index (χ0v) is 30.2. The Hall–Kier alpha value is -6.16. The summed E-state index contributed by atoms with van der Waals surface area (Å²) in [5, 5.41) is 13.2. The monoisotopic (exact) mass is 683 g/mol. The molecule has 0 saturated heterocycles. The molecule has 3 aromatic heterocycles. The van der Waals surface area contributed by atoms with Gasteiger partial charge in [0.25, 0.3) is 0 Å². The second-order valence-electron chi connectivity index (χ2n) is 14.5. The van der Waals surface area contributed by atoms with Crippen LogP contribution in [-0.2, 0) is 13.1 Å². The summed E-state index contributed by atoms with van der Waals surface area (Å²) in [6, 6.07) is 45.0.